The second kappa shape index (κ2) is 3.04. The van der Waals surface area contributed by atoms with Gasteiger partial charge in [0.25, 0.3) is 0 Å². The number of nitriles is 2. The van der Waals surface area contributed by atoms with Crippen LogP contribution in [0.4, 0.5) is 0 Å². The van der Waals surface area contributed by atoms with Crippen molar-refractivity contribution in [2.75, 3.05) is 0 Å². The lowest BCUT2D eigenvalue weighted by Gasteiger charge is -1.99. The van der Waals surface area contributed by atoms with E-state index in [1.54, 1.807) is 6.92 Å². The topological polar surface area (TPSA) is 47.6 Å². The molecule has 0 aromatic carbocycles. The van der Waals surface area contributed by atoms with Gasteiger partial charge < -0.3 is 0 Å². The quantitative estimate of drug-likeness (QED) is 0.504. The fourth-order valence-corrected chi connectivity index (χ4v) is 0.202. The van der Waals surface area contributed by atoms with E-state index in [9.17, 15) is 0 Å². The minimum atomic E-state index is -0.389. The second-order valence-corrected chi connectivity index (χ2v) is 1.65. The summed E-state index contributed by atoms with van der Waals surface area (Å²) in [6, 6.07) is 3.81. The Morgan fingerprint density at radius 2 is 1.88 bits per heavy atom. The number of nitrogens with zero attached hydrogens (tertiary/aromatic N) is 2. The molecular weight excluding hydrogens is 100 g/mol. The molecule has 0 saturated heterocycles. The van der Waals surface area contributed by atoms with Gasteiger partial charge in [-0.2, -0.15) is 10.5 Å². The first-order valence-corrected chi connectivity index (χ1v) is 2.34. The minimum absolute atomic E-state index is 0.250. The summed E-state index contributed by atoms with van der Waals surface area (Å²) >= 11 is 0. The zero-order chi connectivity index (χ0) is 6.57. The van der Waals surface area contributed by atoms with Gasteiger partial charge in [0.05, 0.1) is 24.0 Å². The molecule has 0 spiro atoms. The van der Waals surface area contributed by atoms with E-state index in [1.165, 1.54) is 0 Å². The highest BCUT2D eigenvalue weighted by atomic mass is 14.3. The second-order valence-electron chi connectivity index (χ2n) is 1.65. The molecule has 0 heterocycles. The van der Waals surface area contributed by atoms with Crippen LogP contribution in [-0.4, -0.2) is 0 Å². The van der Waals surface area contributed by atoms with E-state index in [1.807, 2.05) is 12.1 Å². The zero-order valence-corrected chi connectivity index (χ0v) is 4.76. The van der Waals surface area contributed by atoms with Crippen molar-refractivity contribution in [2.45, 2.75) is 6.92 Å². The monoisotopic (exact) mass is 107 g/mol. The smallest absolute Gasteiger partial charge is 0.0669 e. The Hall–Kier alpha value is -1.02. The molecule has 0 amide bonds. The van der Waals surface area contributed by atoms with Crippen molar-refractivity contribution in [3.05, 3.63) is 6.92 Å². The highest BCUT2D eigenvalue weighted by Gasteiger charge is 2.07. The van der Waals surface area contributed by atoms with Gasteiger partial charge in [-0.3, -0.25) is 0 Å². The average Bonchev–Trinajstić information content (AvgIpc) is 1.84. The van der Waals surface area contributed by atoms with Gasteiger partial charge in [-0.25, -0.2) is 0 Å². The van der Waals surface area contributed by atoms with Crippen LogP contribution in [0.15, 0.2) is 0 Å². The Labute approximate surface area is 49.3 Å². The van der Waals surface area contributed by atoms with E-state index in [2.05, 4.69) is 6.92 Å². The van der Waals surface area contributed by atoms with E-state index in [-0.39, 0.29) is 11.8 Å². The summed E-state index contributed by atoms with van der Waals surface area (Å²) in [7, 11) is 0. The summed E-state index contributed by atoms with van der Waals surface area (Å²) in [4.78, 5) is 0. The fraction of sp³-hybridized carbons (Fsp3) is 0.500. The maximum atomic E-state index is 8.20. The van der Waals surface area contributed by atoms with Crippen LogP contribution in [0.2, 0.25) is 0 Å². The van der Waals surface area contributed by atoms with Gasteiger partial charge in [-0.05, 0) is 13.8 Å². The predicted octanol–water partition coefficient (Wildman–Crippen LogP) is 1.12. The molecule has 41 valence electrons. The normalized spacial score (nSPS) is 15.5. The molecule has 0 aliphatic rings. The summed E-state index contributed by atoms with van der Waals surface area (Å²) in [6.45, 7) is 5.13. The Kier molecular flexibility index (Phi) is 2.66. The largest absolute Gasteiger partial charge is 0.198 e. The molecule has 2 heteroatoms. The van der Waals surface area contributed by atoms with Crippen molar-refractivity contribution in [2.24, 2.45) is 11.8 Å². The van der Waals surface area contributed by atoms with Crippen LogP contribution in [0.1, 0.15) is 6.92 Å². The van der Waals surface area contributed by atoms with Crippen molar-refractivity contribution < 1.29 is 0 Å². The van der Waals surface area contributed by atoms with Crippen LogP contribution in [0, 0.1) is 41.4 Å². The lowest BCUT2D eigenvalue weighted by molar-refractivity contribution is 0.633. The standard InChI is InChI=1S/C6H7N2/c1-5(3-7)6(2)4-8/h5-6H,1H2,2H3. The Bertz CT molecular complexity index is 120. The molecular formula is C6H7N2. The SMILES string of the molecule is [CH2]C(C#N)C(C)C#N. The first kappa shape index (κ1) is 6.98. The van der Waals surface area contributed by atoms with Crippen molar-refractivity contribution >= 4 is 0 Å². The Morgan fingerprint density at radius 1 is 1.38 bits per heavy atom. The average molecular weight is 107 g/mol. The van der Waals surface area contributed by atoms with E-state index in [4.69, 9.17) is 10.5 Å². The molecule has 2 unspecified atom stereocenters. The lowest BCUT2D eigenvalue weighted by Crippen LogP contribution is -2.01. The van der Waals surface area contributed by atoms with Gasteiger partial charge in [0.2, 0.25) is 0 Å². The number of hydrogen-bond donors (Lipinski definition) is 0. The highest BCUT2D eigenvalue weighted by Crippen LogP contribution is 2.05. The summed E-state index contributed by atoms with van der Waals surface area (Å²) in [5.41, 5.74) is 0. The molecule has 8 heavy (non-hydrogen) atoms. The third kappa shape index (κ3) is 1.62. The lowest BCUT2D eigenvalue weighted by atomic mass is 10.00. The Morgan fingerprint density at radius 3 is 2.00 bits per heavy atom. The van der Waals surface area contributed by atoms with Gasteiger partial charge in [0, 0.05) is 0 Å². The minimum Gasteiger partial charge on any atom is -0.198 e. The third-order valence-electron chi connectivity index (χ3n) is 0.973. The molecule has 0 bridgehead atoms. The van der Waals surface area contributed by atoms with E-state index in [0.717, 1.165) is 0 Å². The van der Waals surface area contributed by atoms with Crippen LogP contribution in [0.25, 0.3) is 0 Å². The molecule has 1 radical (unpaired) electrons. The molecule has 0 rings (SSSR count). The summed E-state index contributed by atoms with van der Waals surface area (Å²) in [5.74, 6) is -0.639. The maximum Gasteiger partial charge on any atom is 0.0669 e. The predicted molar refractivity (Wildman–Crippen MR) is 29.2 cm³/mol. The summed E-state index contributed by atoms with van der Waals surface area (Å²) < 4.78 is 0. The van der Waals surface area contributed by atoms with Crippen molar-refractivity contribution in [1.29, 1.82) is 10.5 Å². The fourth-order valence-electron chi connectivity index (χ4n) is 0.202. The van der Waals surface area contributed by atoms with Crippen molar-refractivity contribution in [1.82, 2.24) is 0 Å². The van der Waals surface area contributed by atoms with Gasteiger partial charge in [0.15, 0.2) is 0 Å². The Balaban J connectivity index is 3.72. The molecule has 0 saturated carbocycles. The highest BCUT2D eigenvalue weighted by molar-refractivity contribution is 4.96. The van der Waals surface area contributed by atoms with E-state index in [0.29, 0.717) is 0 Å². The van der Waals surface area contributed by atoms with Crippen LogP contribution in [0.5, 0.6) is 0 Å². The van der Waals surface area contributed by atoms with Crippen LogP contribution in [0.3, 0.4) is 0 Å². The van der Waals surface area contributed by atoms with Gasteiger partial charge in [0.1, 0.15) is 0 Å². The van der Waals surface area contributed by atoms with Crippen molar-refractivity contribution in [3.8, 4) is 12.1 Å². The summed E-state index contributed by atoms with van der Waals surface area (Å²) in [6.07, 6.45) is 0. The molecule has 2 nitrogen and oxygen atoms in total. The molecule has 0 fully saturated rings. The van der Waals surface area contributed by atoms with Crippen LogP contribution >= 0.6 is 0 Å². The molecule has 0 aromatic rings. The first-order valence-electron chi connectivity index (χ1n) is 2.34. The maximum absolute atomic E-state index is 8.20. The number of hydrogen-bond acceptors (Lipinski definition) is 2. The molecule has 0 aliphatic carbocycles. The van der Waals surface area contributed by atoms with Crippen molar-refractivity contribution in [3.63, 3.8) is 0 Å². The zero-order valence-electron chi connectivity index (χ0n) is 4.76. The van der Waals surface area contributed by atoms with Gasteiger partial charge in [-0.15, -0.1) is 0 Å². The molecule has 2 atom stereocenters. The van der Waals surface area contributed by atoms with Gasteiger partial charge in [-0.1, -0.05) is 0 Å². The van der Waals surface area contributed by atoms with E-state index >= 15 is 0 Å². The van der Waals surface area contributed by atoms with Gasteiger partial charge >= 0.3 is 0 Å². The first-order chi connectivity index (χ1) is 3.72. The third-order valence-corrected chi connectivity index (χ3v) is 0.973. The summed E-state index contributed by atoms with van der Waals surface area (Å²) in [5, 5.41) is 16.4. The van der Waals surface area contributed by atoms with Crippen LogP contribution in [-0.2, 0) is 0 Å². The molecule has 0 aromatic heterocycles. The molecule has 0 aliphatic heterocycles. The van der Waals surface area contributed by atoms with Crippen LogP contribution < -0.4 is 0 Å². The number of rotatable bonds is 1. The van der Waals surface area contributed by atoms with E-state index < -0.39 is 0 Å². The molecule has 0 N–H and O–H groups in total.